The highest BCUT2D eigenvalue weighted by molar-refractivity contribution is 5.92. The van der Waals surface area contributed by atoms with Gasteiger partial charge < -0.3 is 16.0 Å². The van der Waals surface area contributed by atoms with E-state index < -0.39 is 5.54 Å². The van der Waals surface area contributed by atoms with Crippen LogP contribution in [0, 0.1) is 11.8 Å². The first-order valence-electron chi connectivity index (χ1n) is 9.28. The topological polar surface area (TPSA) is 70.2 Å². The second-order valence-electron chi connectivity index (χ2n) is 9.46. The highest BCUT2D eigenvalue weighted by Crippen LogP contribution is 2.38. The van der Waals surface area contributed by atoms with Crippen LogP contribution in [-0.2, 0) is 9.59 Å². The Hall–Kier alpha value is -1.36. The molecule has 3 unspecified atom stereocenters. The first-order valence-corrected chi connectivity index (χ1v) is 9.28. The summed E-state index contributed by atoms with van der Waals surface area (Å²) in [7, 11) is 0. The van der Waals surface area contributed by atoms with Crippen LogP contribution < -0.4 is 16.0 Å². The molecule has 1 saturated carbocycles. The molecule has 0 radical (unpaired) electrons. The third-order valence-corrected chi connectivity index (χ3v) is 4.67. The minimum Gasteiger partial charge on any atom is -0.349 e. The molecule has 0 spiro atoms. The van der Waals surface area contributed by atoms with Gasteiger partial charge in [-0.15, -0.1) is 6.58 Å². The average molecular weight is 352 g/mol. The summed E-state index contributed by atoms with van der Waals surface area (Å²) in [5.74, 6) is -0.00498. The standard InChI is InChI=1S/C20H37N3O2/c1-9-15-10-11-16(13-21-18(3,4)5)20(12-15,22-14(2)24)17(25)23-19(6,7)8/h9,15-16,21H,1,10-13H2,2-8H3,(H,22,24)(H,23,25). The van der Waals surface area contributed by atoms with Crippen LogP contribution in [0.15, 0.2) is 12.7 Å². The van der Waals surface area contributed by atoms with Crippen LogP contribution in [0.5, 0.6) is 0 Å². The van der Waals surface area contributed by atoms with Crippen molar-refractivity contribution in [3.8, 4) is 0 Å². The molecular formula is C20H37N3O2. The van der Waals surface area contributed by atoms with Crippen LogP contribution >= 0.6 is 0 Å². The maximum atomic E-state index is 13.3. The molecule has 0 bridgehead atoms. The van der Waals surface area contributed by atoms with E-state index in [0.717, 1.165) is 12.8 Å². The normalized spacial score (nSPS) is 27.5. The number of amides is 2. The Morgan fingerprint density at radius 3 is 2.16 bits per heavy atom. The largest absolute Gasteiger partial charge is 0.349 e. The van der Waals surface area contributed by atoms with E-state index in [1.807, 2.05) is 26.8 Å². The fourth-order valence-electron chi connectivity index (χ4n) is 3.51. The average Bonchev–Trinajstić information content (AvgIpc) is 2.42. The molecule has 1 aliphatic carbocycles. The van der Waals surface area contributed by atoms with Gasteiger partial charge in [0.2, 0.25) is 11.8 Å². The van der Waals surface area contributed by atoms with Gasteiger partial charge in [-0.05, 0) is 66.7 Å². The third kappa shape index (κ3) is 6.46. The van der Waals surface area contributed by atoms with E-state index >= 15 is 0 Å². The van der Waals surface area contributed by atoms with Crippen LogP contribution in [0.4, 0.5) is 0 Å². The van der Waals surface area contributed by atoms with Gasteiger partial charge >= 0.3 is 0 Å². The molecule has 144 valence electrons. The van der Waals surface area contributed by atoms with Gasteiger partial charge in [-0.2, -0.15) is 0 Å². The van der Waals surface area contributed by atoms with Crippen molar-refractivity contribution in [2.24, 2.45) is 11.8 Å². The zero-order valence-corrected chi connectivity index (χ0v) is 17.1. The zero-order chi connectivity index (χ0) is 19.5. The molecule has 0 aliphatic heterocycles. The van der Waals surface area contributed by atoms with Gasteiger partial charge in [-0.3, -0.25) is 9.59 Å². The fourth-order valence-corrected chi connectivity index (χ4v) is 3.51. The number of hydrogen-bond donors (Lipinski definition) is 3. The predicted octanol–water partition coefficient (Wildman–Crippen LogP) is 2.77. The third-order valence-electron chi connectivity index (χ3n) is 4.67. The molecule has 5 nitrogen and oxygen atoms in total. The van der Waals surface area contributed by atoms with Crippen molar-refractivity contribution in [3.63, 3.8) is 0 Å². The molecule has 1 fully saturated rings. The maximum Gasteiger partial charge on any atom is 0.246 e. The summed E-state index contributed by atoms with van der Waals surface area (Å²) in [6.07, 6.45) is 4.37. The number of carbonyl (C=O) groups excluding carboxylic acids is 2. The monoisotopic (exact) mass is 351 g/mol. The fraction of sp³-hybridized carbons (Fsp3) is 0.800. The van der Waals surface area contributed by atoms with Crippen LogP contribution in [0.1, 0.15) is 67.7 Å². The van der Waals surface area contributed by atoms with Crippen molar-refractivity contribution in [1.82, 2.24) is 16.0 Å². The summed E-state index contributed by atoms with van der Waals surface area (Å²) in [6, 6.07) is 0. The molecule has 0 aromatic rings. The maximum absolute atomic E-state index is 13.3. The number of rotatable bonds is 5. The lowest BCUT2D eigenvalue weighted by molar-refractivity contribution is -0.139. The Bertz CT molecular complexity index is 502. The summed E-state index contributed by atoms with van der Waals surface area (Å²) in [4.78, 5) is 25.3. The first-order chi connectivity index (χ1) is 11.3. The number of hydrogen-bond acceptors (Lipinski definition) is 3. The summed E-state index contributed by atoms with van der Waals surface area (Å²) in [6.45, 7) is 18.3. The molecular weight excluding hydrogens is 314 g/mol. The van der Waals surface area contributed by atoms with Crippen molar-refractivity contribution in [3.05, 3.63) is 12.7 Å². The lowest BCUT2D eigenvalue weighted by atomic mass is 9.67. The van der Waals surface area contributed by atoms with Gasteiger partial charge in [0.25, 0.3) is 0 Å². The highest BCUT2D eigenvalue weighted by Gasteiger charge is 2.50. The van der Waals surface area contributed by atoms with E-state index in [1.54, 1.807) is 0 Å². The Morgan fingerprint density at radius 1 is 1.12 bits per heavy atom. The summed E-state index contributed by atoms with van der Waals surface area (Å²) in [5, 5.41) is 9.63. The SMILES string of the molecule is C=CC1CCC(CNC(C)(C)C)C(NC(C)=O)(C(=O)NC(C)(C)C)C1. The minimum absolute atomic E-state index is 0.0363. The Kier molecular flexibility index (Phi) is 6.85. The van der Waals surface area contributed by atoms with Crippen molar-refractivity contribution in [1.29, 1.82) is 0 Å². The number of allylic oxidation sites excluding steroid dienone is 1. The van der Waals surface area contributed by atoms with Gasteiger partial charge in [-0.1, -0.05) is 6.08 Å². The van der Waals surface area contributed by atoms with Gasteiger partial charge in [-0.25, -0.2) is 0 Å². The van der Waals surface area contributed by atoms with Gasteiger partial charge in [0.15, 0.2) is 0 Å². The molecule has 1 aliphatic rings. The minimum atomic E-state index is -0.908. The van der Waals surface area contributed by atoms with E-state index in [0.29, 0.717) is 13.0 Å². The van der Waals surface area contributed by atoms with E-state index in [4.69, 9.17) is 0 Å². The van der Waals surface area contributed by atoms with Crippen molar-refractivity contribution in [2.75, 3.05) is 6.54 Å². The first kappa shape index (κ1) is 21.7. The van der Waals surface area contributed by atoms with Crippen LogP contribution in [0.2, 0.25) is 0 Å². The van der Waals surface area contributed by atoms with Gasteiger partial charge in [0.1, 0.15) is 5.54 Å². The van der Waals surface area contributed by atoms with Crippen LogP contribution in [0.3, 0.4) is 0 Å². The summed E-state index contributed by atoms with van der Waals surface area (Å²) >= 11 is 0. The van der Waals surface area contributed by atoms with Crippen molar-refractivity contribution >= 4 is 11.8 Å². The summed E-state index contributed by atoms with van der Waals surface area (Å²) in [5.41, 5.74) is -1.31. The zero-order valence-electron chi connectivity index (χ0n) is 17.1. The molecule has 2 amide bonds. The van der Waals surface area contributed by atoms with Crippen molar-refractivity contribution in [2.45, 2.75) is 84.3 Å². The summed E-state index contributed by atoms with van der Waals surface area (Å²) < 4.78 is 0. The molecule has 0 saturated heterocycles. The second kappa shape index (κ2) is 7.90. The molecule has 0 aromatic heterocycles. The van der Waals surface area contributed by atoms with Crippen molar-refractivity contribution < 1.29 is 9.59 Å². The number of nitrogens with one attached hydrogen (secondary N) is 3. The van der Waals surface area contributed by atoms with Crippen LogP contribution in [-0.4, -0.2) is 35.0 Å². The Morgan fingerprint density at radius 2 is 1.72 bits per heavy atom. The van der Waals surface area contributed by atoms with Gasteiger partial charge in [0, 0.05) is 30.5 Å². The highest BCUT2D eigenvalue weighted by atomic mass is 16.2. The van der Waals surface area contributed by atoms with E-state index in [1.165, 1.54) is 6.92 Å². The Labute approximate surface area is 153 Å². The molecule has 1 rings (SSSR count). The van der Waals surface area contributed by atoms with E-state index in [-0.39, 0.29) is 34.7 Å². The van der Waals surface area contributed by atoms with Gasteiger partial charge in [0.05, 0.1) is 0 Å². The quantitative estimate of drug-likeness (QED) is 0.667. The molecule has 25 heavy (non-hydrogen) atoms. The molecule has 3 N–H and O–H groups in total. The lowest BCUT2D eigenvalue weighted by Crippen LogP contribution is -2.68. The number of carbonyl (C=O) groups is 2. The molecule has 3 atom stereocenters. The molecule has 0 heterocycles. The smallest absolute Gasteiger partial charge is 0.246 e. The second-order valence-corrected chi connectivity index (χ2v) is 9.46. The lowest BCUT2D eigenvalue weighted by Gasteiger charge is -2.47. The van der Waals surface area contributed by atoms with E-state index in [9.17, 15) is 9.59 Å². The molecule has 5 heteroatoms. The Balaban J connectivity index is 3.21. The molecule has 0 aromatic carbocycles. The van der Waals surface area contributed by atoms with E-state index in [2.05, 4.69) is 43.3 Å². The predicted molar refractivity (Wildman–Crippen MR) is 103 cm³/mol. The van der Waals surface area contributed by atoms with Crippen LogP contribution in [0.25, 0.3) is 0 Å².